The Balaban J connectivity index is 3.31. The highest BCUT2D eigenvalue weighted by Gasteiger charge is 2.37. The maximum absolute atomic E-state index is 12.5. The summed E-state index contributed by atoms with van der Waals surface area (Å²) >= 11 is 2.58. The molecule has 0 saturated carbocycles. The van der Waals surface area contributed by atoms with E-state index in [1.807, 2.05) is 0 Å². The van der Waals surface area contributed by atoms with Crippen molar-refractivity contribution in [1.82, 2.24) is 4.98 Å². The molecule has 1 aromatic rings. The van der Waals surface area contributed by atoms with Crippen LogP contribution in [0.5, 0.6) is 0 Å². The van der Waals surface area contributed by atoms with Gasteiger partial charge in [0.05, 0.1) is 0 Å². The summed E-state index contributed by atoms with van der Waals surface area (Å²) in [5.41, 5.74) is -1.37. The van der Waals surface area contributed by atoms with Gasteiger partial charge in [-0.15, -0.1) is 0 Å². The van der Waals surface area contributed by atoms with Gasteiger partial charge in [-0.2, -0.15) is 17.6 Å². The van der Waals surface area contributed by atoms with Gasteiger partial charge in [0.2, 0.25) is 5.95 Å². The molecule has 0 aromatic carbocycles. The van der Waals surface area contributed by atoms with Crippen LogP contribution in [-0.4, -0.2) is 4.98 Å². The first-order valence-electron chi connectivity index (χ1n) is 2.80. The minimum atomic E-state index is -4.71. The first kappa shape index (κ1) is 9.44. The Labute approximate surface area is 73.5 Å². The molecule has 1 rings (SSSR count). The Bertz CT molecular complexity index is 276. The van der Waals surface area contributed by atoms with Gasteiger partial charge in [-0.1, -0.05) is 0 Å². The summed E-state index contributed by atoms with van der Waals surface area (Å²) in [6.45, 7) is 0. The van der Waals surface area contributed by atoms with E-state index in [1.165, 1.54) is 0 Å². The van der Waals surface area contributed by atoms with Crippen LogP contribution in [-0.2, 0) is 6.18 Å². The number of pyridine rings is 1. The third-order valence-electron chi connectivity index (χ3n) is 1.14. The number of halogens is 5. The van der Waals surface area contributed by atoms with Gasteiger partial charge in [0.1, 0.15) is 5.56 Å². The van der Waals surface area contributed by atoms with Gasteiger partial charge >= 0.3 is 6.18 Å². The fourth-order valence-corrected chi connectivity index (χ4v) is 1.17. The molecule has 0 unspecified atom stereocenters. The highest BCUT2D eigenvalue weighted by atomic mass is 79.9. The Morgan fingerprint density at radius 2 is 1.92 bits per heavy atom. The zero-order chi connectivity index (χ0) is 9.35. The molecule has 1 aromatic heterocycles. The van der Waals surface area contributed by atoms with Crippen molar-refractivity contribution < 1.29 is 17.6 Å². The molecule has 0 bridgehead atoms. The zero-order valence-electron chi connectivity index (χ0n) is 5.49. The smallest absolute Gasteiger partial charge is 0.228 e. The van der Waals surface area contributed by atoms with Crippen molar-refractivity contribution in [2.24, 2.45) is 0 Å². The standard InChI is InChI=1S/C6H2BrF4N/c7-3-1-2-12-5(8)4(3)6(9,10)11/h1-2H. The molecular weight excluding hydrogens is 242 g/mol. The summed E-state index contributed by atoms with van der Waals surface area (Å²) in [6, 6.07) is 1.03. The third-order valence-corrected chi connectivity index (χ3v) is 1.80. The van der Waals surface area contributed by atoms with Gasteiger partial charge in [-0.05, 0) is 22.0 Å². The molecule has 0 N–H and O–H groups in total. The molecule has 0 aliphatic rings. The maximum Gasteiger partial charge on any atom is 0.421 e. The summed E-state index contributed by atoms with van der Waals surface area (Å²) in [5, 5.41) is 0. The van der Waals surface area contributed by atoms with Crippen LogP contribution >= 0.6 is 15.9 Å². The molecule has 12 heavy (non-hydrogen) atoms. The van der Waals surface area contributed by atoms with Gasteiger partial charge in [0, 0.05) is 10.7 Å². The molecule has 0 fully saturated rings. The summed E-state index contributed by atoms with van der Waals surface area (Å²) in [6.07, 6.45) is -3.76. The van der Waals surface area contributed by atoms with E-state index in [0.29, 0.717) is 0 Å². The molecule has 1 nitrogen and oxygen atoms in total. The van der Waals surface area contributed by atoms with Crippen molar-refractivity contribution in [3.63, 3.8) is 0 Å². The molecule has 0 aliphatic carbocycles. The van der Waals surface area contributed by atoms with E-state index < -0.39 is 17.7 Å². The number of hydrogen-bond acceptors (Lipinski definition) is 1. The predicted molar refractivity (Wildman–Crippen MR) is 36.9 cm³/mol. The normalized spacial score (nSPS) is 11.8. The fraction of sp³-hybridized carbons (Fsp3) is 0.167. The van der Waals surface area contributed by atoms with Gasteiger partial charge in [-0.3, -0.25) is 0 Å². The maximum atomic E-state index is 12.5. The van der Waals surface area contributed by atoms with Crippen LogP contribution in [0.2, 0.25) is 0 Å². The first-order valence-corrected chi connectivity index (χ1v) is 3.59. The lowest BCUT2D eigenvalue weighted by atomic mass is 10.3. The van der Waals surface area contributed by atoms with Crippen LogP contribution in [0, 0.1) is 5.95 Å². The second-order valence-electron chi connectivity index (χ2n) is 1.96. The van der Waals surface area contributed by atoms with Crippen molar-refractivity contribution in [2.75, 3.05) is 0 Å². The summed E-state index contributed by atoms with van der Waals surface area (Å²) in [5.74, 6) is -1.52. The number of rotatable bonds is 0. The average molecular weight is 244 g/mol. The van der Waals surface area contributed by atoms with E-state index in [2.05, 4.69) is 20.9 Å². The number of alkyl halides is 3. The molecule has 66 valence electrons. The van der Waals surface area contributed by atoms with Crippen LogP contribution in [0.1, 0.15) is 5.56 Å². The highest BCUT2D eigenvalue weighted by Crippen LogP contribution is 2.35. The molecular formula is C6H2BrF4N. The fourth-order valence-electron chi connectivity index (χ4n) is 0.667. The molecule has 0 radical (unpaired) electrons. The van der Waals surface area contributed by atoms with Crippen LogP contribution in [0.25, 0.3) is 0 Å². The van der Waals surface area contributed by atoms with Crippen molar-refractivity contribution >= 4 is 15.9 Å². The van der Waals surface area contributed by atoms with Crippen LogP contribution in [0.3, 0.4) is 0 Å². The SMILES string of the molecule is Fc1nccc(Br)c1C(F)(F)F. The predicted octanol–water partition coefficient (Wildman–Crippen LogP) is 3.00. The number of hydrogen-bond donors (Lipinski definition) is 0. The van der Waals surface area contributed by atoms with Crippen molar-refractivity contribution in [3.8, 4) is 0 Å². The number of nitrogens with zero attached hydrogens (tertiary/aromatic N) is 1. The van der Waals surface area contributed by atoms with Gasteiger partial charge in [0.25, 0.3) is 0 Å². The van der Waals surface area contributed by atoms with Crippen molar-refractivity contribution in [1.29, 1.82) is 0 Å². The minimum absolute atomic E-state index is 0.345. The molecule has 0 atom stereocenters. The van der Waals surface area contributed by atoms with Crippen LogP contribution in [0.4, 0.5) is 17.6 Å². The van der Waals surface area contributed by atoms with Gasteiger partial charge < -0.3 is 0 Å². The van der Waals surface area contributed by atoms with Crippen LogP contribution < -0.4 is 0 Å². The molecule has 0 spiro atoms. The van der Waals surface area contributed by atoms with E-state index in [9.17, 15) is 17.6 Å². The summed E-state index contributed by atoms with van der Waals surface area (Å²) < 4.78 is 48.1. The average Bonchev–Trinajstić information content (AvgIpc) is 1.82. The monoisotopic (exact) mass is 243 g/mol. The van der Waals surface area contributed by atoms with E-state index in [1.54, 1.807) is 0 Å². The Hall–Kier alpha value is -0.650. The lowest BCUT2D eigenvalue weighted by molar-refractivity contribution is -0.141. The van der Waals surface area contributed by atoms with E-state index in [4.69, 9.17) is 0 Å². The molecule has 0 saturated heterocycles. The minimum Gasteiger partial charge on any atom is -0.228 e. The second-order valence-corrected chi connectivity index (χ2v) is 2.81. The first-order chi connectivity index (χ1) is 5.43. The van der Waals surface area contributed by atoms with Crippen molar-refractivity contribution in [2.45, 2.75) is 6.18 Å². The topological polar surface area (TPSA) is 12.9 Å². The number of aromatic nitrogens is 1. The van der Waals surface area contributed by atoms with Gasteiger partial charge in [0.15, 0.2) is 0 Å². The van der Waals surface area contributed by atoms with E-state index >= 15 is 0 Å². The van der Waals surface area contributed by atoms with E-state index in [-0.39, 0.29) is 4.47 Å². The third kappa shape index (κ3) is 1.74. The second kappa shape index (κ2) is 3.01. The Morgan fingerprint density at radius 3 is 2.25 bits per heavy atom. The summed E-state index contributed by atoms with van der Waals surface area (Å²) in [4.78, 5) is 2.89. The molecule has 0 amide bonds. The molecule has 0 aliphatic heterocycles. The Kier molecular flexibility index (Phi) is 2.36. The molecule has 1 heterocycles. The quantitative estimate of drug-likeness (QED) is 0.505. The zero-order valence-corrected chi connectivity index (χ0v) is 7.08. The lowest BCUT2D eigenvalue weighted by Crippen LogP contribution is -2.10. The van der Waals surface area contributed by atoms with Crippen molar-refractivity contribution in [3.05, 3.63) is 28.2 Å². The largest absolute Gasteiger partial charge is 0.421 e. The van der Waals surface area contributed by atoms with E-state index in [0.717, 1.165) is 12.3 Å². The molecule has 6 heteroatoms. The van der Waals surface area contributed by atoms with Gasteiger partial charge in [-0.25, -0.2) is 4.98 Å². The summed E-state index contributed by atoms with van der Waals surface area (Å²) in [7, 11) is 0. The highest BCUT2D eigenvalue weighted by molar-refractivity contribution is 9.10. The Morgan fingerprint density at radius 1 is 1.33 bits per heavy atom. The lowest BCUT2D eigenvalue weighted by Gasteiger charge is -2.07. The van der Waals surface area contributed by atoms with Crippen LogP contribution in [0.15, 0.2) is 16.7 Å².